The van der Waals surface area contributed by atoms with Crippen LogP contribution in [0.25, 0.3) is 0 Å². The number of hydrogen-bond donors (Lipinski definition) is 2. The normalized spacial score (nSPS) is 28.7. The fraction of sp³-hybridized carbons (Fsp3) is 0.909. The Bertz CT molecular complexity index is 240. The average molecular weight is 213 g/mol. The molecule has 15 heavy (non-hydrogen) atoms. The van der Waals surface area contributed by atoms with E-state index < -0.39 is 0 Å². The molecule has 0 radical (unpaired) electrons. The van der Waals surface area contributed by atoms with E-state index in [1.807, 2.05) is 0 Å². The second kappa shape index (κ2) is 4.49. The molecular formula is C11H23N3O. The fourth-order valence-corrected chi connectivity index (χ4v) is 2.42. The molecule has 1 aliphatic heterocycles. The highest BCUT2D eigenvalue weighted by molar-refractivity contribution is 5.82. The average Bonchev–Trinajstić information content (AvgIpc) is 1.99. The summed E-state index contributed by atoms with van der Waals surface area (Å²) in [5.74, 6) is 0.266. The van der Waals surface area contributed by atoms with Gasteiger partial charge < -0.3 is 10.5 Å². The van der Waals surface area contributed by atoms with Gasteiger partial charge in [-0.15, -0.1) is 0 Å². The number of morpholine rings is 1. The lowest BCUT2D eigenvalue weighted by Crippen LogP contribution is -2.57. The summed E-state index contributed by atoms with van der Waals surface area (Å²) in [6.07, 6.45) is 1.10. The first kappa shape index (κ1) is 12.5. The van der Waals surface area contributed by atoms with Gasteiger partial charge in [0.15, 0.2) is 0 Å². The Morgan fingerprint density at radius 2 is 2.27 bits per heavy atom. The molecule has 3 N–H and O–H groups in total. The van der Waals surface area contributed by atoms with E-state index in [9.17, 15) is 0 Å². The van der Waals surface area contributed by atoms with Gasteiger partial charge in [0.05, 0.1) is 17.7 Å². The summed E-state index contributed by atoms with van der Waals surface area (Å²) in [6.45, 7) is 10.0. The number of rotatable bonds is 3. The molecule has 4 heteroatoms. The van der Waals surface area contributed by atoms with Crippen molar-refractivity contribution in [2.24, 2.45) is 5.73 Å². The van der Waals surface area contributed by atoms with Crippen LogP contribution in [0.5, 0.6) is 0 Å². The summed E-state index contributed by atoms with van der Waals surface area (Å²) in [4.78, 5) is 2.26. The second-order valence-electron chi connectivity index (χ2n) is 5.00. The molecule has 2 atom stereocenters. The molecule has 0 aromatic heterocycles. The summed E-state index contributed by atoms with van der Waals surface area (Å²) >= 11 is 0. The Balaban J connectivity index is 2.72. The number of nitrogens with two attached hydrogens (primary N) is 1. The minimum absolute atomic E-state index is 0.0654. The zero-order valence-corrected chi connectivity index (χ0v) is 10.2. The van der Waals surface area contributed by atoms with E-state index in [4.69, 9.17) is 15.9 Å². The molecule has 1 fully saturated rings. The van der Waals surface area contributed by atoms with Gasteiger partial charge in [0.1, 0.15) is 5.84 Å². The number of hydrogen-bond acceptors (Lipinski definition) is 3. The zero-order valence-electron chi connectivity index (χ0n) is 10.2. The molecule has 0 aromatic rings. The molecule has 0 aromatic carbocycles. The lowest BCUT2D eigenvalue weighted by molar-refractivity contribution is -0.133. The maximum absolute atomic E-state index is 7.58. The molecule has 0 amide bonds. The maximum atomic E-state index is 7.58. The monoisotopic (exact) mass is 213 g/mol. The maximum Gasteiger partial charge on any atom is 0.108 e. The predicted octanol–water partition coefficient (Wildman–Crippen LogP) is 1.20. The van der Waals surface area contributed by atoms with Gasteiger partial charge in [-0.1, -0.05) is 6.92 Å². The van der Waals surface area contributed by atoms with Crippen LogP contribution in [-0.4, -0.2) is 41.6 Å². The molecule has 88 valence electrons. The van der Waals surface area contributed by atoms with Gasteiger partial charge in [-0.2, -0.15) is 0 Å². The van der Waals surface area contributed by atoms with Crippen molar-refractivity contribution in [1.82, 2.24) is 4.90 Å². The van der Waals surface area contributed by atoms with Crippen LogP contribution in [0.2, 0.25) is 0 Å². The lowest BCUT2D eigenvalue weighted by atomic mass is 10.0. The van der Waals surface area contributed by atoms with Crippen molar-refractivity contribution < 1.29 is 4.74 Å². The summed E-state index contributed by atoms with van der Waals surface area (Å²) in [6, 6.07) is 0.0654. The molecule has 1 rings (SSSR count). The quantitative estimate of drug-likeness (QED) is 0.547. The highest BCUT2D eigenvalue weighted by Gasteiger charge is 2.34. The molecule has 4 nitrogen and oxygen atoms in total. The molecule has 0 aliphatic carbocycles. The van der Waals surface area contributed by atoms with Crippen molar-refractivity contribution in [2.45, 2.75) is 51.9 Å². The minimum Gasteiger partial charge on any atom is -0.386 e. The number of ether oxygens (including phenoxy) is 1. The van der Waals surface area contributed by atoms with Crippen LogP contribution in [0, 0.1) is 5.41 Å². The van der Waals surface area contributed by atoms with Crippen LogP contribution in [-0.2, 0) is 4.74 Å². The first-order valence-corrected chi connectivity index (χ1v) is 5.61. The Morgan fingerprint density at radius 1 is 1.67 bits per heavy atom. The van der Waals surface area contributed by atoms with Crippen molar-refractivity contribution in [3.8, 4) is 0 Å². The Kier molecular flexibility index (Phi) is 3.73. The second-order valence-corrected chi connectivity index (χ2v) is 5.00. The van der Waals surface area contributed by atoms with Crippen LogP contribution in [0.3, 0.4) is 0 Å². The lowest BCUT2D eigenvalue weighted by Gasteiger charge is -2.44. The van der Waals surface area contributed by atoms with Gasteiger partial charge in [-0.3, -0.25) is 10.3 Å². The molecule has 2 unspecified atom stereocenters. The van der Waals surface area contributed by atoms with Crippen molar-refractivity contribution in [1.29, 1.82) is 5.41 Å². The molecule has 1 saturated heterocycles. The molecular weight excluding hydrogens is 190 g/mol. The van der Waals surface area contributed by atoms with E-state index in [0.29, 0.717) is 0 Å². The summed E-state index contributed by atoms with van der Waals surface area (Å²) in [7, 11) is 0. The van der Waals surface area contributed by atoms with Crippen molar-refractivity contribution >= 4 is 5.84 Å². The topological polar surface area (TPSA) is 62.3 Å². The summed E-state index contributed by atoms with van der Waals surface area (Å²) < 4.78 is 5.83. The number of nitrogens with zero attached hydrogens (tertiary/aromatic N) is 1. The first-order chi connectivity index (χ1) is 6.85. The minimum atomic E-state index is -0.138. The third-order valence-electron chi connectivity index (χ3n) is 2.78. The molecule has 1 aliphatic rings. The van der Waals surface area contributed by atoms with Gasteiger partial charge in [-0.05, 0) is 27.2 Å². The van der Waals surface area contributed by atoms with E-state index in [2.05, 4.69) is 32.6 Å². The third-order valence-corrected chi connectivity index (χ3v) is 2.78. The van der Waals surface area contributed by atoms with Gasteiger partial charge in [0.25, 0.3) is 0 Å². The van der Waals surface area contributed by atoms with Crippen molar-refractivity contribution in [3.63, 3.8) is 0 Å². The Labute approximate surface area is 92.3 Å². The van der Waals surface area contributed by atoms with Gasteiger partial charge >= 0.3 is 0 Å². The van der Waals surface area contributed by atoms with E-state index in [1.165, 1.54) is 0 Å². The predicted molar refractivity (Wildman–Crippen MR) is 62.2 cm³/mol. The Hall–Kier alpha value is -0.610. The molecule has 0 spiro atoms. The van der Waals surface area contributed by atoms with E-state index in [1.54, 1.807) is 0 Å². The van der Waals surface area contributed by atoms with Crippen molar-refractivity contribution in [3.05, 3.63) is 0 Å². The molecule has 0 saturated carbocycles. The fourth-order valence-electron chi connectivity index (χ4n) is 2.42. The van der Waals surface area contributed by atoms with E-state index >= 15 is 0 Å². The first-order valence-electron chi connectivity index (χ1n) is 5.61. The van der Waals surface area contributed by atoms with E-state index in [-0.39, 0.29) is 23.6 Å². The van der Waals surface area contributed by atoms with Gasteiger partial charge in [0, 0.05) is 13.1 Å². The molecule has 1 heterocycles. The smallest absolute Gasteiger partial charge is 0.108 e. The summed E-state index contributed by atoms with van der Waals surface area (Å²) in [5.41, 5.74) is 5.47. The number of amidine groups is 1. The van der Waals surface area contributed by atoms with Crippen LogP contribution in [0.15, 0.2) is 0 Å². The van der Waals surface area contributed by atoms with Gasteiger partial charge in [-0.25, -0.2) is 0 Å². The van der Waals surface area contributed by atoms with Crippen LogP contribution in [0.4, 0.5) is 0 Å². The number of nitrogens with one attached hydrogen (secondary N) is 1. The standard InChI is InChI=1S/C11H23N3O/c1-5-9(10(12)13)14-6-8(2)15-11(3,4)7-14/h8-9H,5-7H2,1-4H3,(H3,12,13). The Morgan fingerprint density at radius 3 is 2.67 bits per heavy atom. The van der Waals surface area contributed by atoms with Gasteiger partial charge in [0.2, 0.25) is 0 Å². The molecule has 0 bridgehead atoms. The zero-order chi connectivity index (χ0) is 11.6. The SMILES string of the molecule is CCC(C(=N)N)N1CC(C)OC(C)(C)C1. The van der Waals surface area contributed by atoms with Crippen molar-refractivity contribution in [2.75, 3.05) is 13.1 Å². The van der Waals surface area contributed by atoms with Crippen LogP contribution >= 0.6 is 0 Å². The van der Waals surface area contributed by atoms with Crippen LogP contribution in [0.1, 0.15) is 34.1 Å². The van der Waals surface area contributed by atoms with Crippen LogP contribution < -0.4 is 5.73 Å². The highest BCUT2D eigenvalue weighted by Crippen LogP contribution is 2.23. The van der Waals surface area contributed by atoms with E-state index in [0.717, 1.165) is 19.5 Å². The summed E-state index contributed by atoms with van der Waals surface area (Å²) in [5, 5.41) is 7.58. The largest absolute Gasteiger partial charge is 0.386 e. The highest BCUT2D eigenvalue weighted by atomic mass is 16.5. The third kappa shape index (κ3) is 3.18.